The lowest BCUT2D eigenvalue weighted by molar-refractivity contribution is 0.0132. The number of rotatable bonds is 9. The summed E-state index contributed by atoms with van der Waals surface area (Å²) in [6.07, 6.45) is 3.13. The number of guanidine groups is 1. The van der Waals surface area contributed by atoms with E-state index in [-0.39, 0.29) is 30.1 Å². The minimum absolute atomic E-state index is 0. The number of aliphatic imine (C=N–C) groups is 1. The van der Waals surface area contributed by atoms with Gasteiger partial charge in [0.25, 0.3) is 0 Å². The average molecular weight is 519 g/mol. The summed E-state index contributed by atoms with van der Waals surface area (Å²) in [6.45, 7) is 13.7. The molecule has 1 aromatic heterocycles. The molecule has 8 heteroatoms. The molecule has 0 amide bonds. The fraction of sp³-hybridized carbons (Fsp3) is 0.714. The van der Waals surface area contributed by atoms with Crippen molar-refractivity contribution in [2.24, 2.45) is 10.9 Å². The smallest absolute Gasteiger partial charge is 0.213 e. The number of ether oxygens (including phenoxy) is 2. The van der Waals surface area contributed by atoms with Crippen molar-refractivity contribution in [3.63, 3.8) is 0 Å². The van der Waals surface area contributed by atoms with E-state index in [0.29, 0.717) is 24.4 Å². The van der Waals surface area contributed by atoms with Crippen molar-refractivity contribution in [1.82, 2.24) is 20.5 Å². The van der Waals surface area contributed by atoms with Gasteiger partial charge < -0.3 is 20.1 Å². The van der Waals surface area contributed by atoms with Crippen LogP contribution in [0.5, 0.6) is 5.88 Å². The summed E-state index contributed by atoms with van der Waals surface area (Å²) in [4.78, 5) is 11.2. The lowest BCUT2D eigenvalue weighted by Crippen LogP contribution is -2.50. The van der Waals surface area contributed by atoms with Gasteiger partial charge in [-0.3, -0.25) is 9.89 Å². The molecule has 1 atom stereocenters. The summed E-state index contributed by atoms with van der Waals surface area (Å²) >= 11 is 0. The van der Waals surface area contributed by atoms with Crippen LogP contribution >= 0.6 is 24.0 Å². The number of nitrogens with one attached hydrogen (secondary N) is 2. The zero-order valence-electron chi connectivity index (χ0n) is 18.5. The van der Waals surface area contributed by atoms with Crippen LogP contribution < -0.4 is 15.4 Å². The van der Waals surface area contributed by atoms with Gasteiger partial charge >= 0.3 is 0 Å². The first-order chi connectivity index (χ1) is 13.5. The van der Waals surface area contributed by atoms with E-state index in [1.54, 1.807) is 7.05 Å². The minimum atomic E-state index is 0. The number of halogens is 1. The number of hydrogen-bond donors (Lipinski definition) is 2. The lowest BCUT2D eigenvalue weighted by Gasteiger charge is -2.35. The van der Waals surface area contributed by atoms with Gasteiger partial charge in [0.1, 0.15) is 0 Å². The first-order valence-electron chi connectivity index (χ1n) is 10.4. The van der Waals surface area contributed by atoms with Crippen molar-refractivity contribution in [1.29, 1.82) is 0 Å². The van der Waals surface area contributed by atoms with Gasteiger partial charge in [-0.05, 0) is 31.7 Å². The van der Waals surface area contributed by atoms with Crippen molar-refractivity contribution in [3.8, 4) is 5.88 Å². The zero-order valence-corrected chi connectivity index (χ0v) is 20.8. The predicted molar refractivity (Wildman–Crippen MR) is 129 cm³/mol. The summed E-state index contributed by atoms with van der Waals surface area (Å²) in [5.74, 6) is 2.12. The standard InChI is InChI=1S/C21H37N5O2.HI/c1-16(2)12-19(26-8-10-27-11-9-26)15-25-21(22-5)24-14-18-6-7-20(23-13-18)28-17(3)4;/h6-7,13,16-17,19H,8-12,14-15H2,1-5H3,(H2,22,24,25);1H. The van der Waals surface area contributed by atoms with E-state index in [1.807, 2.05) is 32.2 Å². The van der Waals surface area contributed by atoms with Gasteiger partial charge in [-0.2, -0.15) is 0 Å². The van der Waals surface area contributed by atoms with Crippen LogP contribution in [0.3, 0.4) is 0 Å². The quantitative estimate of drug-likeness (QED) is 0.297. The molecule has 1 aromatic rings. The molecule has 1 aliphatic heterocycles. The predicted octanol–water partition coefficient (Wildman–Crippen LogP) is 2.90. The zero-order chi connectivity index (χ0) is 20.4. The molecular formula is C21H38IN5O2. The number of morpholine rings is 1. The van der Waals surface area contributed by atoms with Crippen molar-refractivity contribution in [2.45, 2.75) is 52.8 Å². The van der Waals surface area contributed by atoms with Crippen LogP contribution in [-0.4, -0.2) is 67.9 Å². The maximum atomic E-state index is 5.59. The maximum absolute atomic E-state index is 5.59. The highest BCUT2D eigenvalue weighted by atomic mass is 127. The van der Waals surface area contributed by atoms with E-state index in [0.717, 1.165) is 50.8 Å². The SMILES string of the molecule is CN=C(NCc1ccc(OC(C)C)nc1)NCC(CC(C)C)N1CCOCC1.I. The first kappa shape index (κ1) is 25.9. The summed E-state index contributed by atoms with van der Waals surface area (Å²) < 4.78 is 11.1. The van der Waals surface area contributed by atoms with Crippen molar-refractivity contribution < 1.29 is 9.47 Å². The van der Waals surface area contributed by atoms with Crippen LogP contribution in [0.1, 0.15) is 39.7 Å². The molecule has 1 aliphatic rings. The molecule has 1 fully saturated rings. The second-order valence-corrected chi connectivity index (χ2v) is 7.91. The van der Waals surface area contributed by atoms with Gasteiger partial charge in [-0.25, -0.2) is 4.98 Å². The van der Waals surface area contributed by atoms with Crippen molar-refractivity contribution >= 4 is 29.9 Å². The van der Waals surface area contributed by atoms with Gasteiger partial charge in [0.2, 0.25) is 5.88 Å². The number of nitrogens with zero attached hydrogens (tertiary/aromatic N) is 3. The van der Waals surface area contributed by atoms with E-state index < -0.39 is 0 Å². The summed E-state index contributed by atoms with van der Waals surface area (Å²) in [7, 11) is 1.80. The largest absolute Gasteiger partial charge is 0.475 e. The maximum Gasteiger partial charge on any atom is 0.213 e. The normalized spacial score (nSPS) is 16.4. The van der Waals surface area contributed by atoms with Gasteiger partial charge in [-0.1, -0.05) is 19.9 Å². The van der Waals surface area contributed by atoms with Crippen LogP contribution in [0, 0.1) is 5.92 Å². The third-order valence-electron chi connectivity index (χ3n) is 4.65. The molecule has 2 heterocycles. The van der Waals surface area contributed by atoms with Gasteiger partial charge in [0.05, 0.1) is 19.3 Å². The van der Waals surface area contributed by atoms with Gasteiger partial charge in [0, 0.05) is 51.5 Å². The molecule has 2 N–H and O–H groups in total. The highest BCUT2D eigenvalue weighted by molar-refractivity contribution is 14.0. The molecule has 29 heavy (non-hydrogen) atoms. The second kappa shape index (κ2) is 14.0. The van der Waals surface area contributed by atoms with Crippen LogP contribution in [0.25, 0.3) is 0 Å². The van der Waals surface area contributed by atoms with E-state index >= 15 is 0 Å². The van der Waals surface area contributed by atoms with Crippen LogP contribution in [-0.2, 0) is 11.3 Å². The van der Waals surface area contributed by atoms with E-state index in [2.05, 4.69) is 39.4 Å². The van der Waals surface area contributed by atoms with Crippen molar-refractivity contribution in [3.05, 3.63) is 23.9 Å². The average Bonchev–Trinajstić information content (AvgIpc) is 2.68. The van der Waals surface area contributed by atoms with Crippen molar-refractivity contribution in [2.75, 3.05) is 39.9 Å². The highest BCUT2D eigenvalue weighted by Gasteiger charge is 2.22. The summed E-state index contributed by atoms with van der Waals surface area (Å²) in [6, 6.07) is 4.42. The molecule has 0 bridgehead atoms. The van der Waals surface area contributed by atoms with Crippen LogP contribution in [0.2, 0.25) is 0 Å². The third kappa shape index (κ3) is 9.95. The van der Waals surface area contributed by atoms with Gasteiger partial charge in [-0.15, -0.1) is 24.0 Å². The topological polar surface area (TPSA) is 71.0 Å². The second-order valence-electron chi connectivity index (χ2n) is 7.91. The Morgan fingerprint density at radius 3 is 2.48 bits per heavy atom. The molecule has 0 aromatic carbocycles. The fourth-order valence-corrected chi connectivity index (χ4v) is 3.30. The number of pyridine rings is 1. The fourth-order valence-electron chi connectivity index (χ4n) is 3.30. The molecule has 166 valence electrons. The Hall–Kier alpha value is -1.13. The molecule has 0 saturated carbocycles. The molecule has 7 nitrogen and oxygen atoms in total. The summed E-state index contributed by atoms with van der Waals surface area (Å²) in [5, 5.41) is 6.86. The summed E-state index contributed by atoms with van der Waals surface area (Å²) in [5.41, 5.74) is 1.09. The first-order valence-corrected chi connectivity index (χ1v) is 10.4. The molecule has 0 aliphatic carbocycles. The Bertz CT molecular complexity index is 589. The Labute approximate surface area is 193 Å². The monoisotopic (exact) mass is 519 g/mol. The molecule has 2 rings (SSSR count). The molecule has 1 unspecified atom stereocenters. The molecule has 1 saturated heterocycles. The lowest BCUT2D eigenvalue weighted by atomic mass is 10.0. The Morgan fingerprint density at radius 2 is 1.93 bits per heavy atom. The van der Waals surface area contributed by atoms with Crippen LogP contribution in [0.4, 0.5) is 0 Å². The number of aromatic nitrogens is 1. The highest BCUT2D eigenvalue weighted by Crippen LogP contribution is 2.13. The third-order valence-corrected chi connectivity index (χ3v) is 4.65. The van der Waals surface area contributed by atoms with Crippen LogP contribution in [0.15, 0.2) is 23.3 Å². The van der Waals surface area contributed by atoms with E-state index in [4.69, 9.17) is 9.47 Å². The minimum Gasteiger partial charge on any atom is -0.475 e. The Balaban J connectivity index is 0.00000420. The molecule has 0 spiro atoms. The Kier molecular flexibility index (Phi) is 12.5. The molecular weight excluding hydrogens is 481 g/mol. The molecule has 0 radical (unpaired) electrons. The number of hydrogen-bond acceptors (Lipinski definition) is 5. The Morgan fingerprint density at radius 1 is 1.21 bits per heavy atom. The van der Waals surface area contributed by atoms with Gasteiger partial charge in [0.15, 0.2) is 5.96 Å². The van der Waals surface area contributed by atoms with E-state index in [1.165, 1.54) is 0 Å². The van der Waals surface area contributed by atoms with E-state index in [9.17, 15) is 0 Å².